The highest BCUT2D eigenvalue weighted by molar-refractivity contribution is 6.37. The second-order valence-corrected chi connectivity index (χ2v) is 6.05. The minimum atomic E-state index is -0.352. The van der Waals surface area contributed by atoms with Crippen molar-refractivity contribution in [3.8, 4) is 0 Å². The van der Waals surface area contributed by atoms with Gasteiger partial charge in [-0.25, -0.2) is 0 Å². The van der Waals surface area contributed by atoms with Crippen LogP contribution in [0, 0.1) is 0 Å². The lowest BCUT2D eigenvalue weighted by Crippen LogP contribution is -2.20. The topological polar surface area (TPSA) is 32.9 Å². The predicted molar refractivity (Wildman–Crippen MR) is 85.0 cm³/mol. The number of H-pyrrole nitrogens is 1. The van der Waals surface area contributed by atoms with E-state index in [1.807, 2.05) is 48.5 Å². The molecule has 3 aromatic rings. The highest BCUT2D eigenvalue weighted by Crippen LogP contribution is 2.51. The molecule has 0 aliphatic heterocycles. The Bertz CT molecular complexity index is 831. The number of nitrogens with one attached hydrogen (secondary N) is 1. The van der Waals surface area contributed by atoms with Gasteiger partial charge in [0.15, 0.2) is 5.78 Å². The Morgan fingerprint density at radius 3 is 2.52 bits per heavy atom. The molecule has 1 saturated carbocycles. The van der Waals surface area contributed by atoms with Gasteiger partial charge in [0.25, 0.3) is 0 Å². The third-order valence-electron chi connectivity index (χ3n) is 4.41. The van der Waals surface area contributed by atoms with Gasteiger partial charge in [-0.05, 0) is 30.5 Å². The van der Waals surface area contributed by atoms with E-state index in [2.05, 4.69) is 4.98 Å². The van der Waals surface area contributed by atoms with Crippen LogP contribution in [0.25, 0.3) is 10.9 Å². The second-order valence-electron chi connectivity index (χ2n) is 5.64. The molecule has 0 amide bonds. The van der Waals surface area contributed by atoms with Gasteiger partial charge in [0.2, 0.25) is 0 Å². The number of fused-ring (bicyclic) bond motifs is 1. The molecule has 2 aromatic carbocycles. The average molecular weight is 296 g/mol. The Balaban J connectivity index is 1.85. The molecule has 1 aliphatic rings. The van der Waals surface area contributed by atoms with Gasteiger partial charge in [-0.3, -0.25) is 4.79 Å². The molecule has 0 bridgehead atoms. The molecule has 1 heterocycles. The summed E-state index contributed by atoms with van der Waals surface area (Å²) in [5, 5.41) is 1.47. The Morgan fingerprint density at radius 2 is 1.81 bits per heavy atom. The van der Waals surface area contributed by atoms with E-state index in [9.17, 15) is 4.79 Å². The standard InChI is InChI=1S/C18H14ClNO/c19-14-7-4-8-15-16(14)13(11-20-15)17(21)18(9-10-18)12-5-2-1-3-6-12/h1-8,11,20H,9-10H2. The number of aromatic amines is 1. The number of hydrogen-bond acceptors (Lipinski definition) is 1. The second kappa shape index (κ2) is 4.47. The summed E-state index contributed by atoms with van der Waals surface area (Å²) in [6.45, 7) is 0. The summed E-state index contributed by atoms with van der Waals surface area (Å²) in [5.41, 5.74) is 2.37. The third-order valence-corrected chi connectivity index (χ3v) is 4.73. The number of ketones is 1. The van der Waals surface area contributed by atoms with E-state index in [-0.39, 0.29) is 11.2 Å². The van der Waals surface area contributed by atoms with Crippen molar-refractivity contribution in [1.82, 2.24) is 4.98 Å². The molecule has 1 fully saturated rings. The zero-order chi connectivity index (χ0) is 14.4. The first-order chi connectivity index (χ1) is 10.2. The predicted octanol–water partition coefficient (Wildman–Crippen LogP) is 4.74. The summed E-state index contributed by atoms with van der Waals surface area (Å²) >= 11 is 6.29. The maximum absolute atomic E-state index is 13.1. The van der Waals surface area contributed by atoms with Crippen LogP contribution >= 0.6 is 11.6 Å². The minimum Gasteiger partial charge on any atom is -0.360 e. The molecule has 21 heavy (non-hydrogen) atoms. The maximum atomic E-state index is 13.1. The van der Waals surface area contributed by atoms with Crippen LogP contribution in [0.2, 0.25) is 5.02 Å². The first kappa shape index (κ1) is 12.7. The summed E-state index contributed by atoms with van der Waals surface area (Å²) in [6.07, 6.45) is 3.61. The molecule has 1 aliphatic carbocycles. The van der Waals surface area contributed by atoms with E-state index in [1.165, 1.54) is 0 Å². The Kier molecular flexibility index (Phi) is 2.69. The lowest BCUT2D eigenvalue weighted by atomic mass is 9.87. The lowest BCUT2D eigenvalue weighted by molar-refractivity contribution is 0.0948. The third kappa shape index (κ3) is 1.83. The fraction of sp³-hybridized carbons (Fsp3) is 0.167. The van der Waals surface area contributed by atoms with Gasteiger partial charge in [-0.15, -0.1) is 0 Å². The fourth-order valence-electron chi connectivity index (χ4n) is 3.11. The van der Waals surface area contributed by atoms with Crippen LogP contribution in [0.3, 0.4) is 0 Å². The van der Waals surface area contributed by atoms with E-state index in [0.29, 0.717) is 10.6 Å². The smallest absolute Gasteiger partial charge is 0.175 e. The number of benzene rings is 2. The van der Waals surface area contributed by atoms with Gasteiger partial charge in [0, 0.05) is 22.7 Å². The van der Waals surface area contributed by atoms with Crippen molar-refractivity contribution in [2.45, 2.75) is 18.3 Å². The summed E-state index contributed by atoms with van der Waals surface area (Å²) in [5.74, 6) is 0.174. The van der Waals surface area contributed by atoms with E-state index >= 15 is 0 Å². The zero-order valence-corrected chi connectivity index (χ0v) is 12.2. The normalized spacial score (nSPS) is 16.0. The molecule has 3 heteroatoms. The van der Waals surface area contributed by atoms with Gasteiger partial charge >= 0.3 is 0 Å². The molecular formula is C18H14ClNO. The zero-order valence-electron chi connectivity index (χ0n) is 11.4. The number of carbonyl (C=O) groups excluding carboxylic acids is 1. The molecule has 0 spiro atoms. The van der Waals surface area contributed by atoms with Crippen LogP contribution < -0.4 is 0 Å². The van der Waals surface area contributed by atoms with Crippen molar-refractivity contribution in [3.63, 3.8) is 0 Å². The summed E-state index contributed by atoms with van der Waals surface area (Å²) in [6, 6.07) is 15.7. The van der Waals surface area contributed by atoms with E-state index in [0.717, 1.165) is 29.3 Å². The SMILES string of the molecule is O=C(c1c[nH]c2cccc(Cl)c12)C1(c2ccccc2)CC1. The number of hydrogen-bond donors (Lipinski definition) is 1. The van der Waals surface area contributed by atoms with Crippen LogP contribution in [0.15, 0.2) is 54.7 Å². The molecule has 0 atom stereocenters. The molecule has 1 N–H and O–H groups in total. The monoisotopic (exact) mass is 295 g/mol. The van der Waals surface area contributed by atoms with E-state index < -0.39 is 0 Å². The Labute approximate surface area is 127 Å². The quantitative estimate of drug-likeness (QED) is 0.696. The van der Waals surface area contributed by atoms with E-state index in [1.54, 1.807) is 6.20 Å². The van der Waals surface area contributed by atoms with Crippen molar-refractivity contribution in [2.24, 2.45) is 0 Å². The average Bonchev–Trinajstić information content (AvgIpc) is 3.21. The molecule has 0 radical (unpaired) electrons. The summed E-state index contributed by atoms with van der Waals surface area (Å²) in [7, 11) is 0. The van der Waals surface area contributed by atoms with Crippen molar-refractivity contribution < 1.29 is 4.79 Å². The minimum absolute atomic E-state index is 0.174. The first-order valence-corrected chi connectivity index (χ1v) is 7.46. The Hall–Kier alpha value is -2.06. The van der Waals surface area contributed by atoms with Gasteiger partial charge in [0.1, 0.15) is 0 Å². The molecule has 4 rings (SSSR count). The van der Waals surface area contributed by atoms with Crippen LogP contribution in [0.5, 0.6) is 0 Å². The van der Waals surface area contributed by atoms with Gasteiger partial charge in [0.05, 0.1) is 10.4 Å². The molecule has 104 valence electrons. The lowest BCUT2D eigenvalue weighted by Gasteiger charge is -2.14. The Morgan fingerprint density at radius 1 is 1.05 bits per heavy atom. The number of Topliss-reactive ketones (excluding diaryl/α,β-unsaturated/α-hetero) is 1. The van der Waals surface area contributed by atoms with Gasteiger partial charge in [-0.2, -0.15) is 0 Å². The van der Waals surface area contributed by atoms with Crippen molar-refractivity contribution in [1.29, 1.82) is 0 Å². The number of rotatable bonds is 3. The van der Waals surface area contributed by atoms with Crippen LogP contribution in [-0.2, 0) is 5.41 Å². The van der Waals surface area contributed by atoms with Crippen molar-refractivity contribution in [3.05, 3.63) is 70.9 Å². The molecular weight excluding hydrogens is 282 g/mol. The van der Waals surface area contributed by atoms with Crippen LogP contribution in [-0.4, -0.2) is 10.8 Å². The van der Waals surface area contributed by atoms with Crippen LogP contribution in [0.4, 0.5) is 0 Å². The molecule has 0 unspecified atom stereocenters. The van der Waals surface area contributed by atoms with Crippen LogP contribution in [0.1, 0.15) is 28.8 Å². The largest absolute Gasteiger partial charge is 0.360 e. The number of carbonyl (C=O) groups is 1. The first-order valence-electron chi connectivity index (χ1n) is 7.08. The van der Waals surface area contributed by atoms with Gasteiger partial charge < -0.3 is 4.98 Å². The number of aromatic nitrogens is 1. The highest BCUT2D eigenvalue weighted by atomic mass is 35.5. The highest BCUT2D eigenvalue weighted by Gasteiger charge is 2.51. The summed E-state index contributed by atoms with van der Waals surface area (Å²) < 4.78 is 0. The maximum Gasteiger partial charge on any atom is 0.175 e. The number of halogens is 1. The van der Waals surface area contributed by atoms with Gasteiger partial charge in [-0.1, -0.05) is 48.0 Å². The van der Waals surface area contributed by atoms with E-state index in [4.69, 9.17) is 11.6 Å². The molecule has 1 aromatic heterocycles. The fourth-order valence-corrected chi connectivity index (χ4v) is 3.38. The molecule has 2 nitrogen and oxygen atoms in total. The van der Waals surface area contributed by atoms with Crippen molar-refractivity contribution >= 4 is 28.3 Å². The summed E-state index contributed by atoms with van der Waals surface area (Å²) in [4.78, 5) is 16.2. The molecule has 0 saturated heterocycles. The van der Waals surface area contributed by atoms with Crippen molar-refractivity contribution in [2.75, 3.05) is 0 Å².